The maximum atomic E-state index is 13.6. The number of hydrogen-bond acceptors (Lipinski definition) is 8. The summed E-state index contributed by atoms with van der Waals surface area (Å²) in [4.78, 5) is 30.7. The lowest BCUT2D eigenvalue weighted by Gasteiger charge is -2.32. The normalized spacial score (nSPS) is 12.2. The molecule has 1 N–H and O–H groups in total. The lowest BCUT2D eigenvalue weighted by molar-refractivity contribution is -0.143. The summed E-state index contributed by atoms with van der Waals surface area (Å²) >= 11 is 1.50. The highest BCUT2D eigenvalue weighted by Gasteiger charge is 2.35. The van der Waals surface area contributed by atoms with Crippen LogP contribution in [-0.2, 0) is 22.7 Å². The summed E-state index contributed by atoms with van der Waals surface area (Å²) in [7, 11) is 1.59. The molecule has 11 heteroatoms. The van der Waals surface area contributed by atoms with E-state index in [9.17, 15) is 9.59 Å². The van der Waals surface area contributed by atoms with Crippen molar-refractivity contribution in [3.8, 4) is 17.1 Å². The SMILES string of the molecule is COc1ccc(-c2nnn(CC(=O)N(Cc3cccs3)[C@H](C(=O)NC(C)(C)C)c3ccco3)n2)cc1. The van der Waals surface area contributed by atoms with Crippen molar-refractivity contribution >= 4 is 23.2 Å². The summed E-state index contributed by atoms with van der Waals surface area (Å²) < 4.78 is 10.8. The van der Waals surface area contributed by atoms with Crippen LogP contribution in [0.5, 0.6) is 5.75 Å². The van der Waals surface area contributed by atoms with Crippen LogP contribution in [-0.4, -0.2) is 49.6 Å². The van der Waals surface area contributed by atoms with Crippen molar-refractivity contribution in [1.82, 2.24) is 30.4 Å². The van der Waals surface area contributed by atoms with Gasteiger partial charge in [0.15, 0.2) is 6.04 Å². The third-order valence-electron chi connectivity index (χ3n) is 5.18. The van der Waals surface area contributed by atoms with E-state index in [4.69, 9.17) is 9.15 Å². The van der Waals surface area contributed by atoms with Gasteiger partial charge in [-0.25, -0.2) is 0 Å². The first-order chi connectivity index (χ1) is 17.2. The number of benzene rings is 1. The zero-order valence-electron chi connectivity index (χ0n) is 20.5. The number of furan rings is 1. The number of ether oxygens (including phenoxy) is 1. The topological polar surface area (TPSA) is 115 Å². The third kappa shape index (κ3) is 6.16. The molecule has 0 fully saturated rings. The molecule has 0 bridgehead atoms. The van der Waals surface area contributed by atoms with E-state index >= 15 is 0 Å². The molecule has 1 aromatic carbocycles. The maximum Gasteiger partial charge on any atom is 0.251 e. The van der Waals surface area contributed by atoms with Gasteiger partial charge in [0.1, 0.15) is 18.1 Å². The van der Waals surface area contributed by atoms with E-state index in [0.29, 0.717) is 17.3 Å². The van der Waals surface area contributed by atoms with Crippen LogP contribution in [0.2, 0.25) is 0 Å². The Kier molecular flexibility index (Phi) is 7.49. The first kappa shape index (κ1) is 25.1. The Morgan fingerprint density at radius 3 is 2.56 bits per heavy atom. The van der Waals surface area contributed by atoms with Crippen molar-refractivity contribution in [2.24, 2.45) is 0 Å². The Morgan fingerprint density at radius 2 is 1.94 bits per heavy atom. The average Bonchev–Trinajstić information content (AvgIpc) is 3.61. The highest BCUT2D eigenvalue weighted by molar-refractivity contribution is 7.09. The Hall–Kier alpha value is -3.99. The number of hydrogen-bond donors (Lipinski definition) is 1. The summed E-state index contributed by atoms with van der Waals surface area (Å²) in [5.41, 5.74) is 0.239. The predicted molar refractivity (Wildman–Crippen MR) is 134 cm³/mol. The molecule has 0 spiro atoms. The molecule has 36 heavy (non-hydrogen) atoms. The number of aromatic nitrogens is 4. The Bertz CT molecular complexity index is 1280. The number of carbonyl (C=O) groups excluding carboxylic acids is 2. The average molecular weight is 509 g/mol. The van der Waals surface area contributed by atoms with Crippen LogP contribution in [0.1, 0.15) is 37.5 Å². The molecule has 10 nitrogen and oxygen atoms in total. The minimum atomic E-state index is -0.974. The van der Waals surface area contributed by atoms with Crippen LogP contribution in [0.4, 0.5) is 0 Å². The van der Waals surface area contributed by atoms with Crippen LogP contribution < -0.4 is 10.1 Å². The Balaban J connectivity index is 1.61. The molecule has 0 radical (unpaired) electrons. The summed E-state index contributed by atoms with van der Waals surface area (Å²) in [6, 6.07) is 13.5. The third-order valence-corrected chi connectivity index (χ3v) is 6.04. The monoisotopic (exact) mass is 508 g/mol. The molecule has 0 unspecified atom stereocenters. The molecule has 188 valence electrons. The van der Waals surface area contributed by atoms with E-state index < -0.39 is 11.6 Å². The molecular weight excluding hydrogens is 480 g/mol. The largest absolute Gasteiger partial charge is 0.497 e. The minimum absolute atomic E-state index is 0.200. The van der Waals surface area contributed by atoms with Gasteiger partial charge in [-0.1, -0.05) is 6.07 Å². The second-order valence-electron chi connectivity index (χ2n) is 9.13. The quantitative estimate of drug-likeness (QED) is 0.367. The van der Waals surface area contributed by atoms with E-state index in [2.05, 4.69) is 20.7 Å². The molecule has 0 aliphatic carbocycles. The fraction of sp³-hybridized carbons (Fsp3) is 0.320. The fourth-order valence-corrected chi connectivity index (χ4v) is 4.28. The molecule has 1 atom stereocenters. The van der Waals surface area contributed by atoms with Crippen molar-refractivity contribution in [1.29, 1.82) is 0 Å². The molecule has 3 heterocycles. The zero-order chi connectivity index (χ0) is 25.7. The van der Waals surface area contributed by atoms with E-state index in [1.165, 1.54) is 27.3 Å². The molecule has 2 amide bonds. The standard InChI is InChI=1S/C25H28N6O4S/c1-25(2,3)26-24(33)22(20-8-5-13-35-20)30(15-19-7-6-14-36-19)21(32)16-31-28-23(27-29-31)17-9-11-18(34-4)12-10-17/h5-14,22H,15-16H2,1-4H3,(H,26,33)/t22-/m0/s1. The van der Waals surface area contributed by atoms with Crippen LogP contribution >= 0.6 is 11.3 Å². The first-order valence-corrected chi connectivity index (χ1v) is 12.2. The van der Waals surface area contributed by atoms with Crippen molar-refractivity contribution in [2.45, 2.75) is 45.4 Å². The van der Waals surface area contributed by atoms with E-state index in [1.807, 2.05) is 50.4 Å². The van der Waals surface area contributed by atoms with Crippen molar-refractivity contribution < 1.29 is 18.7 Å². The molecule has 0 aliphatic heterocycles. The van der Waals surface area contributed by atoms with Gasteiger partial charge >= 0.3 is 0 Å². The van der Waals surface area contributed by atoms with Gasteiger partial charge in [0.25, 0.3) is 5.91 Å². The number of rotatable bonds is 9. The molecular formula is C25H28N6O4S. The Morgan fingerprint density at radius 1 is 1.17 bits per heavy atom. The fourth-order valence-electron chi connectivity index (χ4n) is 3.58. The van der Waals surface area contributed by atoms with Crippen molar-refractivity contribution in [3.63, 3.8) is 0 Å². The van der Waals surface area contributed by atoms with Gasteiger partial charge in [0, 0.05) is 16.0 Å². The van der Waals surface area contributed by atoms with Gasteiger partial charge in [-0.05, 0) is 73.8 Å². The number of tetrazole rings is 1. The summed E-state index contributed by atoms with van der Waals surface area (Å²) in [6.45, 7) is 5.68. The number of nitrogens with zero attached hydrogens (tertiary/aromatic N) is 5. The first-order valence-electron chi connectivity index (χ1n) is 11.3. The van der Waals surface area contributed by atoms with Crippen LogP contribution in [0.3, 0.4) is 0 Å². The van der Waals surface area contributed by atoms with Crippen LogP contribution in [0, 0.1) is 0 Å². The number of thiophene rings is 1. The van der Waals surface area contributed by atoms with Gasteiger partial charge in [0.05, 0.1) is 19.9 Å². The van der Waals surface area contributed by atoms with Gasteiger partial charge in [-0.15, -0.1) is 21.5 Å². The van der Waals surface area contributed by atoms with Gasteiger partial charge in [0.2, 0.25) is 11.7 Å². The lowest BCUT2D eigenvalue weighted by Crippen LogP contribution is -2.49. The summed E-state index contributed by atoms with van der Waals surface area (Å²) in [6.07, 6.45) is 1.49. The highest BCUT2D eigenvalue weighted by Crippen LogP contribution is 2.27. The van der Waals surface area contributed by atoms with Gasteiger partial charge in [-0.2, -0.15) is 4.80 Å². The Labute approximate surface area is 212 Å². The van der Waals surface area contributed by atoms with E-state index in [-0.39, 0.29) is 24.9 Å². The molecule has 4 rings (SSSR count). The van der Waals surface area contributed by atoms with Crippen molar-refractivity contribution in [2.75, 3.05) is 7.11 Å². The molecule has 0 aliphatic rings. The van der Waals surface area contributed by atoms with Crippen LogP contribution in [0.15, 0.2) is 64.6 Å². The highest BCUT2D eigenvalue weighted by atomic mass is 32.1. The number of nitrogens with one attached hydrogen (secondary N) is 1. The zero-order valence-corrected chi connectivity index (χ0v) is 21.4. The van der Waals surface area contributed by atoms with Gasteiger partial charge < -0.3 is 19.4 Å². The summed E-state index contributed by atoms with van der Waals surface area (Å²) in [5.74, 6) is 0.763. The molecule has 0 saturated carbocycles. The lowest BCUT2D eigenvalue weighted by atomic mass is 10.1. The molecule has 0 saturated heterocycles. The number of methoxy groups -OCH3 is 1. The van der Waals surface area contributed by atoms with E-state index in [0.717, 1.165) is 10.4 Å². The second-order valence-corrected chi connectivity index (χ2v) is 10.2. The predicted octanol–water partition coefficient (Wildman–Crippen LogP) is 3.69. The second kappa shape index (κ2) is 10.7. The summed E-state index contributed by atoms with van der Waals surface area (Å²) in [5, 5.41) is 17.4. The number of carbonyl (C=O) groups is 2. The minimum Gasteiger partial charge on any atom is -0.497 e. The van der Waals surface area contributed by atoms with Gasteiger partial charge in [-0.3, -0.25) is 9.59 Å². The van der Waals surface area contributed by atoms with E-state index in [1.54, 1.807) is 31.4 Å². The number of amides is 2. The molecule has 3 aromatic heterocycles. The van der Waals surface area contributed by atoms with Crippen LogP contribution in [0.25, 0.3) is 11.4 Å². The smallest absolute Gasteiger partial charge is 0.251 e. The van der Waals surface area contributed by atoms with Crippen molar-refractivity contribution in [3.05, 3.63) is 70.8 Å². The molecule has 4 aromatic rings. The maximum absolute atomic E-state index is 13.6.